The summed E-state index contributed by atoms with van der Waals surface area (Å²) < 4.78 is 6.33. The van der Waals surface area contributed by atoms with E-state index in [9.17, 15) is 14.9 Å². The van der Waals surface area contributed by atoms with E-state index in [0.29, 0.717) is 31.8 Å². The SMILES string of the molecule is Cc1ccc(C2=NN3C(=N)/C(=C/c4ccc(-c5ccc([N+](=O)[O-])cc5Br)o4)C(=O)N=C3S2)cc1. The van der Waals surface area contributed by atoms with E-state index >= 15 is 0 Å². The molecule has 1 amide bonds. The number of halogens is 1. The molecular weight excluding hydrogens is 522 g/mol. The van der Waals surface area contributed by atoms with E-state index in [4.69, 9.17) is 9.83 Å². The molecule has 0 saturated carbocycles. The van der Waals surface area contributed by atoms with Gasteiger partial charge in [0.2, 0.25) is 5.17 Å². The molecule has 0 saturated heterocycles. The lowest BCUT2D eigenvalue weighted by molar-refractivity contribution is -0.384. The van der Waals surface area contributed by atoms with Gasteiger partial charge in [0.1, 0.15) is 16.6 Å². The van der Waals surface area contributed by atoms with Crippen LogP contribution >= 0.6 is 27.7 Å². The standard InChI is InChI=1S/C23H14BrN5O4S/c1-12-2-4-13(5-3-12)22-27-28-20(25)17(21(30)26-23(28)34-22)11-15-7-9-19(33-15)16-8-6-14(29(31)32)10-18(16)24/h2-11,25H,1H3/b17-11-,25-20?. The largest absolute Gasteiger partial charge is 0.457 e. The third-order valence-electron chi connectivity index (χ3n) is 5.10. The van der Waals surface area contributed by atoms with Crippen LogP contribution in [0.15, 0.2) is 79.2 Å². The number of aliphatic imine (C=N–C) groups is 1. The summed E-state index contributed by atoms with van der Waals surface area (Å²) in [5, 5.41) is 26.3. The Morgan fingerprint density at radius 3 is 2.65 bits per heavy atom. The molecule has 2 aliphatic rings. The van der Waals surface area contributed by atoms with Crippen molar-refractivity contribution in [3.63, 3.8) is 0 Å². The first-order chi connectivity index (χ1) is 16.3. The van der Waals surface area contributed by atoms with Gasteiger partial charge < -0.3 is 4.42 Å². The molecular formula is C23H14BrN5O4S. The first-order valence-electron chi connectivity index (χ1n) is 9.91. The summed E-state index contributed by atoms with van der Waals surface area (Å²) >= 11 is 4.56. The van der Waals surface area contributed by atoms with Gasteiger partial charge >= 0.3 is 0 Å². The first kappa shape index (κ1) is 22.0. The highest BCUT2D eigenvalue weighted by atomic mass is 79.9. The molecule has 168 valence electrons. The third-order valence-corrected chi connectivity index (χ3v) is 6.71. The molecule has 34 heavy (non-hydrogen) atoms. The van der Waals surface area contributed by atoms with E-state index in [2.05, 4.69) is 26.0 Å². The normalized spacial score (nSPS) is 16.5. The van der Waals surface area contributed by atoms with E-state index < -0.39 is 10.8 Å². The Morgan fingerprint density at radius 2 is 1.94 bits per heavy atom. The smallest absolute Gasteiger partial charge is 0.283 e. The van der Waals surface area contributed by atoms with E-state index in [1.165, 1.54) is 35.0 Å². The van der Waals surface area contributed by atoms with Crippen LogP contribution in [-0.2, 0) is 4.79 Å². The highest BCUT2D eigenvalue weighted by molar-refractivity contribution is 9.10. The highest BCUT2D eigenvalue weighted by Gasteiger charge is 2.36. The molecule has 0 fully saturated rings. The summed E-state index contributed by atoms with van der Waals surface area (Å²) in [7, 11) is 0. The number of carbonyl (C=O) groups excluding carboxylic acids is 1. The van der Waals surface area contributed by atoms with Gasteiger partial charge in [-0.2, -0.15) is 15.1 Å². The van der Waals surface area contributed by atoms with Crippen LogP contribution in [0.25, 0.3) is 17.4 Å². The maximum atomic E-state index is 12.7. The molecule has 5 rings (SSSR count). The number of non-ortho nitro benzene ring substituents is 1. The molecule has 0 unspecified atom stereocenters. The van der Waals surface area contributed by atoms with Crippen LogP contribution in [-0.4, -0.2) is 31.9 Å². The predicted molar refractivity (Wildman–Crippen MR) is 134 cm³/mol. The van der Waals surface area contributed by atoms with Crippen molar-refractivity contribution in [3.8, 4) is 11.3 Å². The number of nitrogens with one attached hydrogen (secondary N) is 1. The summed E-state index contributed by atoms with van der Waals surface area (Å²) in [6.07, 6.45) is 1.44. The minimum absolute atomic E-state index is 0.0434. The Bertz CT molecular complexity index is 1470. The number of amidine groups is 2. The van der Waals surface area contributed by atoms with Crippen LogP contribution in [0.3, 0.4) is 0 Å². The first-order valence-corrected chi connectivity index (χ1v) is 11.5. The Hall–Kier alpha value is -3.83. The molecule has 1 N–H and O–H groups in total. The topological polar surface area (TPSA) is 125 Å². The average Bonchev–Trinajstić information content (AvgIpc) is 3.44. The number of fused-ring (bicyclic) bond motifs is 1. The molecule has 0 aliphatic carbocycles. The van der Waals surface area contributed by atoms with Crippen molar-refractivity contribution in [2.45, 2.75) is 6.92 Å². The molecule has 0 atom stereocenters. The Labute approximate surface area is 205 Å². The van der Waals surface area contributed by atoms with Gasteiger partial charge in [-0.3, -0.25) is 20.3 Å². The van der Waals surface area contributed by atoms with Gasteiger partial charge in [0.05, 0.1) is 10.5 Å². The lowest BCUT2D eigenvalue weighted by atomic mass is 10.1. The van der Waals surface area contributed by atoms with E-state index in [1.807, 2.05) is 31.2 Å². The molecule has 2 aliphatic heterocycles. The number of furan rings is 1. The number of nitrogens with zero attached hydrogens (tertiary/aromatic N) is 4. The monoisotopic (exact) mass is 535 g/mol. The van der Waals surface area contributed by atoms with Crippen LogP contribution in [0, 0.1) is 22.4 Å². The number of amides is 1. The van der Waals surface area contributed by atoms with E-state index in [-0.39, 0.29) is 17.1 Å². The van der Waals surface area contributed by atoms with Crippen LogP contribution < -0.4 is 0 Å². The van der Waals surface area contributed by atoms with Crippen molar-refractivity contribution < 1.29 is 14.1 Å². The summed E-state index contributed by atoms with van der Waals surface area (Å²) in [6.45, 7) is 1.99. The molecule has 3 aromatic rings. The van der Waals surface area contributed by atoms with Gasteiger partial charge in [0.15, 0.2) is 5.84 Å². The van der Waals surface area contributed by atoms with Gasteiger partial charge in [-0.25, -0.2) is 0 Å². The molecule has 0 spiro atoms. The number of rotatable bonds is 4. The predicted octanol–water partition coefficient (Wildman–Crippen LogP) is 5.59. The number of benzene rings is 2. The second-order valence-electron chi connectivity index (χ2n) is 7.41. The number of hydrogen-bond acceptors (Lipinski definition) is 7. The lowest BCUT2D eigenvalue weighted by Gasteiger charge is -2.19. The van der Waals surface area contributed by atoms with Crippen LogP contribution in [0.2, 0.25) is 0 Å². The van der Waals surface area contributed by atoms with Gasteiger partial charge in [-0.15, -0.1) is 0 Å². The highest BCUT2D eigenvalue weighted by Crippen LogP contribution is 2.34. The maximum absolute atomic E-state index is 12.7. The third kappa shape index (κ3) is 3.99. The molecule has 2 aromatic carbocycles. The fraction of sp³-hybridized carbons (Fsp3) is 0.0435. The molecule has 0 bridgehead atoms. The summed E-state index contributed by atoms with van der Waals surface area (Å²) in [5.74, 6) is 0.128. The zero-order chi connectivity index (χ0) is 24.0. The molecule has 11 heteroatoms. The number of aryl methyl sites for hydroxylation is 1. The van der Waals surface area contributed by atoms with Crippen LogP contribution in [0.1, 0.15) is 16.9 Å². The Kier molecular flexibility index (Phi) is 5.50. The number of hydrazone groups is 1. The number of hydrogen-bond donors (Lipinski definition) is 1. The maximum Gasteiger partial charge on any atom is 0.283 e. The zero-order valence-electron chi connectivity index (χ0n) is 17.5. The lowest BCUT2D eigenvalue weighted by Crippen LogP contribution is -2.35. The van der Waals surface area contributed by atoms with Crippen LogP contribution in [0.4, 0.5) is 5.69 Å². The zero-order valence-corrected chi connectivity index (χ0v) is 19.9. The number of nitro groups is 1. The quantitative estimate of drug-likeness (QED) is 0.263. The second kappa shape index (κ2) is 8.50. The Morgan fingerprint density at radius 1 is 1.18 bits per heavy atom. The molecule has 9 nitrogen and oxygen atoms in total. The van der Waals surface area contributed by atoms with Crippen LogP contribution in [0.5, 0.6) is 0 Å². The van der Waals surface area contributed by atoms with Gasteiger partial charge in [-0.05, 0) is 58.9 Å². The van der Waals surface area contributed by atoms with Gasteiger partial charge in [0.25, 0.3) is 11.6 Å². The fourth-order valence-corrected chi connectivity index (χ4v) is 4.80. The van der Waals surface area contributed by atoms with Gasteiger partial charge in [-0.1, -0.05) is 29.8 Å². The number of thioether (sulfide) groups is 1. The van der Waals surface area contributed by atoms with E-state index in [1.54, 1.807) is 18.2 Å². The minimum atomic E-state index is -0.557. The number of carbonyl (C=O) groups is 1. The Balaban J connectivity index is 1.43. The van der Waals surface area contributed by atoms with Crippen molar-refractivity contribution in [2.75, 3.05) is 0 Å². The average molecular weight is 536 g/mol. The van der Waals surface area contributed by atoms with Crippen molar-refractivity contribution in [3.05, 3.63) is 91.6 Å². The van der Waals surface area contributed by atoms with E-state index in [0.717, 1.165) is 11.1 Å². The molecule has 1 aromatic heterocycles. The van der Waals surface area contributed by atoms with Gasteiger partial charge in [0, 0.05) is 27.7 Å². The minimum Gasteiger partial charge on any atom is -0.457 e. The molecule has 3 heterocycles. The molecule has 0 radical (unpaired) electrons. The van der Waals surface area contributed by atoms with Crippen molar-refractivity contribution in [2.24, 2.45) is 10.1 Å². The fourth-order valence-electron chi connectivity index (χ4n) is 3.34. The second-order valence-corrected chi connectivity index (χ2v) is 9.22. The van der Waals surface area contributed by atoms with Crippen molar-refractivity contribution in [1.29, 1.82) is 5.41 Å². The van der Waals surface area contributed by atoms with Crippen molar-refractivity contribution in [1.82, 2.24) is 5.01 Å². The number of nitro benzene ring substituents is 1. The summed E-state index contributed by atoms with van der Waals surface area (Å²) in [6, 6.07) is 15.5. The van der Waals surface area contributed by atoms with Crippen molar-refractivity contribution >= 4 is 61.4 Å². The summed E-state index contributed by atoms with van der Waals surface area (Å²) in [5.41, 5.74) is 2.61. The summed E-state index contributed by atoms with van der Waals surface area (Å²) in [4.78, 5) is 27.2.